The molecule has 4 nitrogen and oxygen atoms in total. The lowest BCUT2D eigenvalue weighted by molar-refractivity contribution is -0.138. The molecule has 3 N–H and O–H groups in total. The number of ketones is 1. The number of nitrogens with two attached hydrogens (primary N) is 1. The van der Waals surface area contributed by atoms with Crippen LogP contribution in [0.25, 0.3) is 0 Å². The van der Waals surface area contributed by atoms with E-state index in [0.29, 0.717) is 0 Å². The third-order valence-corrected chi connectivity index (χ3v) is 1.85. The SMILES string of the molecule is CC(=O)c1ccc(C)cc1.CC(N)C(=O)O. The van der Waals surface area contributed by atoms with Crippen LogP contribution in [0.15, 0.2) is 24.3 Å². The Morgan fingerprint density at radius 2 is 1.62 bits per heavy atom. The van der Waals surface area contributed by atoms with Crippen LogP contribution in [-0.4, -0.2) is 22.9 Å². The van der Waals surface area contributed by atoms with Crippen molar-refractivity contribution in [3.05, 3.63) is 35.4 Å². The molecule has 0 amide bonds. The highest BCUT2D eigenvalue weighted by Gasteiger charge is 1.99. The summed E-state index contributed by atoms with van der Waals surface area (Å²) >= 11 is 0. The molecule has 0 radical (unpaired) electrons. The van der Waals surface area contributed by atoms with Crippen LogP contribution in [0.3, 0.4) is 0 Å². The summed E-state index contributed by atoms with van der Waals surface area (Å²) in [4.78, 5) is 20.3. The van der Waals surface area contributed by atoms with Crippen LogP contribution in [0.4, 0.5) is 0 Å². The summed E-state index contributed by atoms with van der Waals surface area (Å²) in [5.41, 5.74) is 6.80. The minimum atomic E-state index is -0.963. The van der Waals surface area contributed by atoms with Gasteiger partial charge in [0.15, 0.2) is 5.78 Å². The predicted octanol–water partition coefficient (Wildman–Crippen LogP) is 1.62. The third-order valence-electron chi connectivity index (χ3n) is 1.85. The Morgan fingerprint density at radius 1 is 1.25 bits per heavy atom. The van der Waals surface area contributed by atoms with E-state index in [0.717, 1.165) is 5.56 Å². The molecule has 0 aliphatic rings. The highest BCUT2D eigenvalue weighted by atomic mass is 16.4. The van der Waals surface area contributed by atoms with Crippen molar-refractivity contribution in [2.24, 2.45) is 5.73 Å². The van der Waals surface area contributed by atoms with Gasteiger partial charge >= 0.3 is 5.97 Å². The minimum Gasteiger partial charge on any atom is -0.480 e. The maximum atomic E-state index is 10.8. The van der Waals surface area contributed by atoms with E-state index in [2.05, 4.69) is 0 Å². The monoisotopic (exact) mass is 223 g/mol. The van der Waals surface area contributed by atoms with Gasteiger partial charge in [-0.2, -0.15) is 0 Å². The Hall–Kier alpha value is -1.68. The van der Waals surface area contributed by atoms with Crippen LogP contribution in [0.2, 0.25) is 0 Å². The summed E-state index contributed by atoms with van der Waals surface area (Å²) in [7, 11) is 0. The molecule has 1 rings (SSSR count). The Balaban J connectivity index is 0.000000325. The predicted molar refractivity (Wildman–Crippen MR) is 62.5 cm³/mol. The molecule has 88 valence electrons. The first-order valence-corrected chi connectivity index (χ1v) is 4.90. The molecule has 1 unspecified atom stereocenters. The van der Waals surface area contributed by atoms with Crippen LogP contribution in [0.1, 0.15) is 29.8 Å². The Bertz CT molecular complexity index is 355. The van der Waals surface area contributed by atoms with Gasteiger partial charge in [0.25, 0.3) is 0 Å². The van der Waals surface area contributed by atoms with Crippen molar-refractivity contribution in [2.75, 3.05) is 0 Å². The molecular weight excluding hydrogens is 206 g/mol. The first-order chi connectivity index (χ1) is 7.34. The van der Waals surface area contributed by atoms with Gasteiger partial charge in [-0.15, -0.1) is 0 Å². The lowest BCUT2D eigenvalue weighted by atomic mass is 10.1. The van der Waals surface area contributed by atoms with Gasteiger partial charge in [0.2, 0.25) is 0 Å². The Morgan fingerprint density at radius 3 is 1.88 bits per heavy atom. The number of benzene rings is 1. The number of rotatable bonds is 2. The van der Waals surface area contributed by atoms with Crippen LogP contribution >= 0.6 is 0 Å². The zero-order chi connectivity index (χ0) is 12.7. The fourth-order valence-electron chi connectivity index (χ4n) is 0.788. The van der Waals surface area contributed by atoms with E-state index in [1.54, 1.807) is 6.92 Å². The van der Waals surface area contributed by atoms with Gasteiger partial charge in [0, 0.05) is 5.56 Å². The molecule has 0 heterocycles. The molecule has 1 aromatic carbocycles. The summed E-state index contributed by atoms with van der Waals surface area (Å²) < 4.78 is 0. The fraction of sp³-hybridized carbons (Fsp3) is 0.333. The highest BCUT2D eigenvalue weighted by molar-refractivity contribution is 5.93. The van der Waals surface area contributed by atoms with Gasteiger partial charge in [0.1, 0.15) is 6.04 Å². The van der Waals surface area contributed by atoms with Gasteiger partial charge in [-0.25, -0.2) is 0 Å². The second-order valence-corrected chi connectivity index (χ2v) is 3.55. The van der Waals surface area contributed by atoms with E-state index in [9.17, 15) is 9.59 Å². The molecule has 0 aliphatic carbocycles. The van der Waals surface area contributed by atoms with E-state index in [4.69, 9.17) is 10.8 Å². The zero-order valence-corrected chi connectivity index (χ0v) is 9.73. The van der Waals surface area contributed by atoms with Crippen LogP contribution < -0.4 is 5.73 Å². The van der Waals surface area contributed by atoms with Gasteiger partial charge in [-0.3, -0.25) is 9.59 Å². The average Bonchev–Trinajstić information content (AvgIpc) is 2.19. The molecule has 0 saturated heterocycles. The minimum absolute atomic E-state index is 0.125. The zero-order valence-electron chi connectivity index (χ0n) is 9.73. The van der Waals surface area contributed by atoms with Crippen molar-refractivity contribution in [1.29, 1.82) is 0 Å². The molecule has 0 spiro atoms. The van der Waals surface area contributed by atoms with Crippen molar-refractivity contribution in [2.45, 2.75) is 26.8 Å². The summed E-state index contributed by atoms with van der Waals surface area (Å²) in [6.07, 6.45) is 0. The quantitative estimate of drug-likeness (QED) is 0.746. The van der Waals surface area contributed by atoms with Crippen LogP contribution in [-0.2, 0) is 4.79 Å². The van der Waals surface area contributed by atoms with Crippen molar-refractivity contribution in [3.63, 3.8) is 0 Å². The van der Waals surface area contributed by atoms with Gasteiger partial charge in [-0.05, 0) is 20.8 Å². The molecule has 1 atom stereocenters. The first kappa shape index (κ1) is 14.3. The molecule has 16 heavy (non-hydrogen) atoms. The van der Waals surface area contributed by atoms with E-state index >= 15 is 0 Å². The van der Waals surface area contributed by atoms with Gasteiger partial charge in [0.05, 0.1) is 0 Å². The molecule has 0 aromatic heterocycles. The molecule has 0 saturated carbocycles. The summed E-state index contributed by atoms with van der Waals surface area (Å²) in [6, 6.07) is 6.84. The molecule has 0 fully saturated rings. The van der Waals surface area contributed by atoms with Crippen LogP contribution in [0.5, 0.6) is 0 Å². The van der Waals surface area contributed by atoms with Crippen molar-refractivity contribution in [1.82, 2.24) is 0 Å². The van der Waals surface area contributed by atoms with Gasteiger partial charge < -0.3 is 10.8 Å². The van der Waals surface area contributed by atoms with E-state index in [1.807, 2.05) is 31.2 Å². The maximum absolute atomic E-state index is 10.8. The number of Topliss-reactive ketones (excluding diaryl/α,β-unsaturated/α-hetero) is 1. The topological polar surface area (TPSA) is 80.4 Å². The van der Waals surface area contributed by atoms with Crippen molar-refractivity contribution < 1.29 is 14.7 Å². The van der Waals surface area contributed by atoms with Crippen LogP contribution in [0, 0.1) is 6.92 Å². The third kappa shape index (κ3) is 5.93. The standard InChI is InChI=1S/C9H10O.C3H7NO2/c1-7-3-5-9(6-4-7)8(2)10;1-2(4)3(5)6/h3-6H,1-2H3;2H,4H2,1H3,(H,5,6). The molecule has 0 bridgehead atoms. The average molecular weight is 223 g/mol. The second kappa shape index (κ2) is 6.74. The summed E-state index contributed by atoms with van der Waals surface area (Å²) in [5.74, 6) is -0.838. The number of carboxylic acid groups (broad SMARTS) is 1. The number of carbonyl (C=O) groups excluding carboxylic acids is 1. The maximum Gasteiger partial charge on any atom is 0.320 e. The number of hydrogen-bond donors (Lipinski definition) is 2. The highest BCUT2D eigenvalue weighted by Crippen LogP contribution is 2.02. The van der Waals surface area contributed by atoms with Crippen molar-refractivity contribution >= 4 is 11.8 Å². The van der Waals surface area contributed by atoms with E-state index in [-0.39, 0.29) is 5.78 Å². The molecule has 4 heteroatoms. The van der Waals surface area contributed by atoms with E-state index < -0.39 is 12.0 Å². The number of hydrogen-bond acceptors (Lipinski definition) is 3. The number of aliphatic carboxylic acids is 1. The van der Waals surface area contributed by atoms with E-state index in [1.165, 1.54) is 12.5 Å². The Kier molecular flexibility index (Phi) is 6.03. The normalized spacial score (nSPS) is 11.0. The summed E-state index contributed by atoms with van der Waals surface area (Å²) in [6.45, 7) is 5.00. The fourth-order valence-corrected chi connectivity index (χ4v) is 0.788. The largest absolute Gasteiger partial charge is 0.480 e. The first-order valence-electron chi connectivity index (χ1n) is 4.90. The van der Waals surface area contributed by atoms with Gasteiger partial charge in [-0.1, -0.05) is 29.8 Å². The lowest BCUT2D eigenvalue weighted by Gasteiger charge is -1.93. The van der Waals surface area contributed by atoms with Crippen molar-refractivity contribution in [3.8, 4) is 0 Å². The summed E-state index contributed by atoms with van der Waals surface area (Å²) in [5, 5.41) is 7.87. The molecular formula is C12H17NO3. The number of carbonyl (C=O) groups is 2. The Labute approximate surface area is 95.1 Å². The molecule has 0 aliphatic heterocycles. The smallest absolute Gasteiger partial charge is 0.320 e. The lowest BCUT2D eigenvalue weighted by Crippen LogP contribution is -2.25. The number of aryl methyl sites for hydroxylation is 1. The number of carboxylic acids is 1. The second-order valence-electron chi connectivity index (χ2n) is 3.55. The molecule has 1 aromatic rings.